The second kappa shape index (κ2) is 6.09. The third-order valence-electron chi connectivity index (χ3n) is 3.70. The molecular weight excluding hydrogens is 250 g/mol. The number of hydrogen-bond donors (Lipinski definition) is 1. The minimum atomic E-state index is 0.446. The van der Waals surface area contributed by atoms with Crippen molar-refractivity contribution in [2.24, 2.45) is 0 Å². The summed E-state index contributed by atoms with van der Waals surface area (Å²) in [6.45, 7) is 4.99. The molecule has 4 nitrogen and oxygen atoms in total. The first-order chi connectivity index (χ1) is 9.81. The van der Waals surface area contributed by atoms with Crippen LogP contribution in [0, 0.1) is 0 Å². The van der Waals surface area contributed by atoms with Crippen LogP contribution in [0.1, 0.15) is 18.1 Å². The quantitative estimate of drug-likeness (QED) is 0.874. The van der Waals surface area contributed by atoms with Crippen LogP contribution >= 0.6 is 0 Å². The maximum atomic E-state index is 5.53. The average Bonchev–Trinajstić information content (AvgIpc) is 3.09. The fourth-order valence-corrected chi connectivity index (χ4v) is 2.63. The largest absolute Gasteiger partial charge is 0.493 e. The summed E-state index contributed by atoms with van der Waals surface area (Å²) in [7, 11) is 0. The average molecular weight is 271 g/mol. The van der Waals surface area contributed by atoms with Crippen LogP contribution in [0.25, 0.3) is 0 Å². The standard InChI is InChI=1S/C16H21N3O/c1-13(11-19-8-7-17-12-19)18-6-4-14-2-3-16-15(10-14)5-9-20-16/h2-3,7-8,10,12-13,18H,4-6,9,11H2,1H3. The predicted octanol–water partition coefficient (Wildman–Crippen LogP) is 2.04. The van der Waals surface area contributed by atoms with E-state index in [9.17, 15) is 0 Å². The Balaban J connectivity index is 1.45. The van der Waals surface area contributed by atoms with E-state index in [1.807, 2.05) is 18.7 Å². The number of ether oxygens (including phenoxy) is 1. The fourth-order valence-electron chi connectivity index (χ4n) is 2.63. The van der Waals surface area contributed by atoms with Crippen LogP contribution in [0.2, 0.25) is 0 Å². The summed E-state index contributed by atoms with van der Waals surface area (Å²) >= 11 is 0. The van der Waals surface area contributed by atoms with Gasteiger partial charge in [0.1, 0.15) is 5.75 Å². The van der Waals surface area contributed by atoms with Gasteiger partial charge >= 0.3 is 0 Å². The van der Waals surface area contributed by atoms with Gasteiger partial charge in [0.25, 0.3) is 0 Å². The highest BCUT2D eigenvalue weighted by atomic mass is 16.5. The van der Waals surface area contributed by atoms with Crippen LogP contribution in [0.5, 0.6) is 5.75 Å². The molecule has 20 heavy (non-hydrogen) atoms. The number of benzene rings is 1. The normalized spacial score (nSPS) is 14.8. The smallest absolute Gasteiger partial charge is 0.122 e. The van der Waals surface area contributed by atoms with E-state index in [-0.39, 0.29) is 0 Å². The maximum Gasteiger partial charge on any atom is 0.122 e. The summed E-state index contributed by atoms with van der Waals surface area (Å²) in [5.41, 5.74) is 2.74. The lowest BCUT2D eigenvalue weighted by atomic mass is 10.1. The highest BCUT2D eigenvalue weighted by Gasteiger charge is 2.11. The van der Waals surface area contributed by atoms with Gasteiger partial charge in [0.05, 0.1) is 12.9 Å². The van der Waals surface area contributed by atoms with Crippen LogP contribution < -0.4 is 10.1 Å². The molecule has 0 fully saturated rings. The molecule has 0 saturated heterocycles. The predicted molar refractivity (Wildman–Crippen MR) is 79.0 cm³/mol. The molecule has 1 atom stereocenters. The molecule has 3 rings (SSSR count). The number of rotatable bonds is 6. The Labute approximate surface area is 119 Å². The fraction of sp³-hybridized carbons (Fsp3) is 0.438. The zero-order valence-electron chi connectivity index (χ0n) is 11.9. The Bertz CT molecular complexity index is 551. The summed E-state index contributed by atoms with van der Waals surface area (Å²) in [6, 6.07) is 7.01. The molecule has 1 aromatic carbocycles. The summed E-state index contributed by atoms with van der Waals surface area (Å²) in [6.07, 6.45) is 7.78. The summed E-state index contributed by atoms with van der Waals surface area (Å²) in [4.78, 5) is 4.06. The van der Waals surface area contributed by atoms with Gasteiger partial charge in [-0.25, -0.2) is 4.98 Å². The number of hydrogen-bond acceptors (Lipinski definition) is 3. The van der Waals surface area contributed by atoms with E-state index >= 15 is 0 Å². The molecule has 2 aromatic rings. The molecule has 0 radical (unpaired) electrons. The lowest BCUT2D eigenvalue weighted by molar-refractivity contribution is 0.357. The van der Waals surface area contributed by atoms with Gasteiger partial charge in [-0.15, -0.1) is 0 Å². The van der Waals surface area contributed by atoms with Crippen LogP contribution in [-0.4, -0.2) is 28.7 Å². The molecule has 0 aliphatic carbocycles. The van der Waals surface area contributed by atoms with Gasteiger partial charge in [-0.1, -0.05) is 12.1 Å². The van der Waals surface area contributed by atoms with Crippen molar-refractivity contribution in [2.45, 2.75) is 32.4 Å². The van der Waals surface area contributed by atoms with E-state index in [1.54, 1.807) is 0 Å². The zero-order valence-corrected chi connectivity index (χ0v) is 11.9. The SMILES string of the molecule is CC(Cn1ccnc1)NCCc1ccc2c(c1)CCO2. The third-order valence-corrected chi connectivity index (χ3v) is 3.70. The summed E-state index contributed by atoms with van der Waals surface area (Å²) in [5.74, 6) is 1.06. The number of aromatic nitrogens is 2. The number of fused-ring (bicyclic) bond motifs is 1. The maximum absolute atomic E-state index is 5.53. The lowest BCUT2D eigenvalue weighted by Gasteiger charge is -2.14. The van der Waals surface area contributed by atoms with E-state index < -0.39 is 0 Å². The van der Waals surface area contributed by atoms with Gasteiger partial charge in [-0.2, -0.15) is 0 Å². The van der Waals surface area contributed by atoms with Crippen LogP contribution in [0.4, 0.5) is 0 Å². The highest BCUT2D eigenvalue weighted by Crippen LogP contribution is 2.25. The lowest BCUT2D eigenvalue weighted by Crippen LogP contribution is -2.31. The zero-order chi connectivity index (χ0) is 13.8. The molecule has 2 heterocycles. The van der Waals surface area contributed by atoms with Crippen LogP contribution in [0.3, 0.4) is 0 Å². The first-order valence-corrected chi connectivity index (χ1v) is 7.25. The van der Waals surface area contributed by atoms with E-state index in [0.717, 1.165) is 38.3 Å². The van der Waals surface area contributed by atoms with E-state index in [1.165, 1.54) is 11.1 Å². The third kappa shape index (κ3) is 3.20. The molecule has 1 aromatic heterocycles. The van der Waals surface area contributed by atoms with Crippen LogP contribution in [-0.2, 0) is 19.4 Å². The second-order valence-electron chi connectivity index (χ2n) is 5.41. The first-order valence-electron chi connectivity index (χ1n) is 7.25. The van der Waals surface area contributed by atoms with Gasteiger partial charge in [0.2, 0.25) is 0 Å². The molecule has 1 aliphatic heterocycles. The van der Waals surface area contributed by atoms with Crippen molar-refractivity contribution < 1.29 is 4.74 Å². The second-order valence-corrected chi connectivity index (χ2v) is 5.41. The monoisotopic (exact) mass is 271 g/mol. The topological polar surface area (TPSA) is 39.1 Å². The van der Waals surface area contributed by atoms with Gasteiger partial charge < -0.3 is 14.6 Å². The molecule has 4 heteroatoms. The molecule has 106 valence electrons. The van der Waals surface area contributed by atoms with Crippen molar-refractivity contribution in [1.82, 2.24) is 14.9 Å². The Morgan fingerprint density at radius 1 is 1.45 bits per heavy atom. The first kappa shape index (κ1) is 13.2. The van der Waals surface area contributed by atoms with Crippen molar-refractivity contribution in [3.05, 3.63) is 48.0 Å². The molecule has 1 N–H and O–H groups in total. The highest BCUT2D eigenvalue weighted by molar-refractivity contribution is 5.39. The molecule has 0 amide bonds. The van der Waals surface area contributed by atoms with Gasteiger partial charge in [0, 0.05) is 31.4 Å². The minimum absolute atomic E-state index is 0.446. The van der Waals surface area contributed by atoms with Crippen molar-refractivity contribution >= 4 is 0 Å². The van der Waals surface area contributed by atoms with Crippen molar-refractivity contribution in [3.8, 4) is 5.75 Å². The molecule has 0 bridgehead atoms. The Morgan fingerprint density at radius 2 is 2.40 bits per heavy atom. The Hall–Kier alpha value is -1.81. The van der Waals surface area contributed by atoms with Crippen molar-refractivity contribution in [3.63, 3.8) is 0 Å². The molecule has 0 spiro atoms. The molecule has 0 saturated carbocycles. The van der Waals surface area contributed by atoms with Gasteiger partial charge in [-0.05, 0) is 37.1 Å². The molecular formula is C16H21N3O. The number of imidazole rings is 1. The van der Waals surface area contributed by atoms with E-state index in [4.69, 9.17) is 4.74 Å². The number of nitrogens with one attached hydrogen (secondary N) is 1. The van der Waals surface area contributed by atoms with Crippen molar-refractivity contribution in [1.29, 1.82) is 0 Å². The van der Waals surface area contributed by atoms with E-state index in [2.05, 4.69) is 40.0 Å². The minimum Gasteiger partial charge on any atom is -0.493 e. The Morgan fingerprint density at radius 3 is 3.25 bits per heavy atom. The summed E-state index contributed by atoms with van der Waals surface area (Å²) < 4.78 is 7.63. The van der Waals surface area contributed by atoms with Crippen LogP contribution in [0.15, 0.2) is 36.9 Å². The molecule has 1 unspecified atom stereocenters. The van der Waals surface area contributed by atoms with E-state index in [0.29, 0.717) is 6.04 Å². The van der Waals surface area contributed by atoms with Crippen molar-refractivity contribution in [2.75, 3.05) is 13.2 Å². The number of nitrogens with zero attached hydrogens (tertiary/aromatic N) is 2. The Kier molecular flexibility index (Phi) is 4.02. The van der Waals surface area contributed by atoms with Gasteiger partial charge in [0.15, 0.2) is 0 Å². The molecule has 1 aliphatic rings. The summed E-state index contributed by atoms with van der Waals surface area (Å²) in [5, 5.41) is 3.56. The van der Waals surface area contributed by atoms with Gasteiger partial charge in [-0.3, -0.25) is 0 Å².